The molecule has 2 atom stereocenters. The molecule has 4 N–H and O–H groups in total. The predicted molar refractivity (Wildman–Crippen MR) is 163 cm³/mol. The van der Waals surface area contributed by atoms with Crippen LogP contribution in [0.1, 0.15) is 40.0 Å². The Balaban J connectivity index is 1.42. The van der Waals surface area contributed by atoms with Crippen LogP contribution in [0.15, 0.2) is 16.9 Å². The van der Waals surface area contributed by atoms with Crippen molar-refractivity contribution in [1.29, 1.82) is 0 Å². The maximum absolute atomic E-state index is 16.4. The SMILES string of the molecule is CC(C)(C)OC(=O)Nc1nc2c(-c3[nH]c(=O)c4c(NCCO)nc(OC[C@@]56CCCN5CC(F)C6)nc4c3F)ccc(F)c2s1. The first kappa shape index (κ1) is 31.0. The third-order valence-corrected chi connectivity index (χ3v) is 8.77. The number of pyridine rings is 1. The number of benzene rings is 1. The molecule has 1 unspecified atom stereocenters. The lowest BCUT2D eigenvalue weighted by molar-refractivity contribution is 0.0636. The zero-order valence-electron chi connectivity index (χ0n) is 24.8. The number of aromatic nitrogens is 4. The van der Waals surface area contributed by atoms with Crippen LogP contribution >= 0.6 is 11.3 Å². The number of carbonyl (C=O) groups is 1. The molecule has 16 heteroatoms. The first-order valence-corrected chi connectivity index (χ1v) is 15.3. The molecule has 1 aromatic carbocycles. The van der Waals surface area contributed by atoms with Crippen LogP contribution in [0.4, 0.5) is 28.9 Å². The summed E-state index contributed by atoms with van der Waals surface area (Å²) < 4.78 is 56.7. The van der Waals surface area contributed by atoms with E-state index in [-0.39, 0.29) is 69.1 Å². The fraction of sp³-hybridized carbons (Fsp3) is 0.483. The van der Waals surface area contributed by atoms with Crippen molar-refractivity contribution in [3.8, 4) is 17.3 Å². The second kappa shape index (κ2) is 11.7. The lowest BCUT2D eigenvalue weighted by Gasteiger charge is -2.30. The highest BCUT2D eigenvalue weighted by molar-refractivity contribution is 7.22. The number of halogens is 3. The molecular weight excluding hydrogens is 615 g/mol. The normalized spacial score (nSPS) is 20.1. The van der Waals surface area contributed by atoms with E-state index >= 15 is 4.39 Å². The molecule has 0 saturated carbocycles. The molecule has 4 aromatic rings. The molecular formula is C29H32F3N7O5S. The van der Waals surface area contributed by atoms with Crippen LogP contribution in [0.25, 0.3) is 32.4 Å². The van der Waals surface area contributed by atoms with E-state index < -0.39 is 40.6 Å². The van der Waals surface area contributed by atoms with Gasteiger partial charge in [-0.3, -0.25) is 15.0 Å². The second-order valence-electron chi connectivity index (χ2n) is 12.2. The molecule has 12 nitrogen and oxygen atoms in total. The number of hydrogen-bond acceptors (Lipinski definition) is 11. The minimum atomic E-state index is -0.982. The summed E-state index contributed by atoms with van der Waals surface area (Å²) in [5.74, 6) is -1.69. The van der Waals surface area contributed by atoms with Crippen molar-refractivity contribution in [2.75, 3.05) is 43.5 Å². The average Bonchev–Trinajstić information content (AvgIpc) is 3.64. The number of aliphatic hydroxyl groups is 1. The molecule has 0 radical (unpaired) electrons. The number of rotatable bonds is 8. The fourth-order valence-electron chi connectivity index (χ4n) is 5.99. The van der Waals surface area contributed by atoms with Crippen LogP contribution in [0.5, 0.6) is 6.01 Å². The van der Waals surface area contributed by atoms with Gasteiger partial charge in [-0.05, 0) is 52.3 Å². The molecule has 0 bridgehead atoms. The number of aromatic amines is 1. The Morgan fingerprint density at radius 2 is 2.04 bits per heavy atom. The number of anilines is 2. The number of fused-ring (bicyclic) bond motifs is 3. The fourth-order valence-corrected chi connectivity index (χ4v) is 6.87. The zero-order chi connectivity index (χ0) is 32.1. The summed E-state index contributed by atoms with van der Waals surface area (Å²) in [6, 6.07) is 2.13. The molecule has 240 valence electrons. The van der Waals surface area contributed by atoms with E-state index in [1.54, 1.807) is 20.8 Å². The minimum Gasteiger partial charge on any atom is -0.461 e. The van der Waals surface area contributed by atoms with E-state index in [0.29, 0.717) is 13.0 Å². The van der Waals surface area contributed by atoms with Gasteiger partial charge in [-0.15, -0.1) is 0 Å². The van der Waals surface area contributed by atoms with Gasteiger partial charge in [-0.1, -0.05) is 11.3 Å². The molecule has 2 aliphatic rings. The maximum atomic E-state index is 16.4. The predicted octanol–water partition coefficient (Wildman–Crippen LogP) is 4.58. The van der Waals surface area contributed by atoms with Crippen LogP contribution in [-0.2, 0) is 4.74 Å². The van der Waals surface area contributed by atoms with Gasteiger partial charge in [0, 0.05) is 25.1 Å². The van der Waals surface area contributed by atoms with Crippen LogP contribution in [0.2, 0.25) is 0 Å². The van der Waals surface area contributed by atoms with Crippen molar-refractivity contribution in [2.45, 2.75) is 57.3 Å². The molecule has 2 fully saturated rings. The Labute approximate surface area is 259 Å². The standard InChI is InChI=1S/C29H32F3N7O5S/c1-28(2,3)44-27(42)38-26-36-20-15(5-6-16(31)22(20)45-26)19-18(32)21-17(24(41)34-19)23(33-8-10-40)37-25(35-21)43-13-29-7-4-9-39(29)12-14(30)11-29/h5-6,14,40H,4,7-13H2,1-3H3,(H,34,41)(H,33,35,37)(H,36,38,42)/t14?,29-/m0/s1. The molecule has 2 saturated heterocycles. The molecule has 0 aliphatic carbocycles. The number of ether oxygens (including phenoxy) is 2. The lowest BCUT2D eigenvalue weighted by Crippen LogP contribution is -2.43. The first-order valence-electron chi connectivity index (χ1n) is 14.5. The van der Waals surface area contributed by atoms with Gasteiger partial charge in [0.1, 0.15) is 40.9 Å². The number of amides is 1. The smallest absolute Gasteiger partial charge is 0.413 e. The lowest BCUT2D eigenvalue weighted by atomic mass is 9.95. The Morgan fingerprint density at radius 1 is 1.24 bits per heavy atom. The maximum Gasteiger partial charge on any atom is 0.413 e. The molecule has 2 aliphatic heterocycles. The summed E-state index contributed by atoms with van der Waals surface area (Å²) in [7, 11) is 0. The summed E-state index contributed by atoms with van der Waals surface area (Å²) >= 11 is 0.818. The number of nitrogens with one attached hydrogen (secondary N) is 3. The molecule has 5 heterocycles. The minimum absolute atomic E-state index is 0.000440. The van der Waals surface area contributed by atoms with E-state index in [0.717, 1.165) is 36.8 Å². The topological polar surface area (TPSA) is 155 Å². The Morgan fingerprint density at radius 3 is 2.80 bits per heavy atom. The number of alkyl halides is 1. The van der Waals surface area contributed by atoms with Gasteiger partial charge in [-0.25, -0.2) is 22.9 Å². The molecule has 3 aromatic heterocycles. The van der Waals surface area contributed by atoms with Crippen molar-refractivity contribution >= 4 is 49.5 Å². The first-order chi connectivity index (χ1) is 21.4. The highest BCUT2D eigenvalue weighted by Crippen LogP contribution is 2.41. The van der Waals surface area contributed by atoms with Crippen LogP contribution in [-0.4, -0.2) is 86.2 Å². The number of thiazole rings is 1. The monoisotopic (exact) mass is 647 g/mol. The number of nitrogens with zero attached hydrogens (tertiary/aromatic N) is 4. The van der Waals surface area contributed by atoms with Crippen molar-refractivity contribution in [3.05, 3.63) is 34.1 Å². The van der Waals surface area contributed by atoms with Crippen LogP contribution in [0.3, 0.4) is 0 Å². The number of carbonyl (C=O) groups excluding carboxylic acids is 1. The Bertz CT molecular complexity index is 1850. The van der Waals surface area contributed by atoms with Gasteiger partial charge in [0.05, 0.1) is 28.1 Å². The van der Waals surface area contributed by atoms with Crippen LogP contribution in [0, 0.1) is 11.6 Å². The second-order valence-corrected chi connectivity index (χ2v) is 13.2. The Hall–Kier alpha value is -4.02. The number of aliphatic hydroxyl groups excluding tert-OH is 1. The van der Waals surface area contributed by atoms with Crippen molar-refractivity contribution < 1.29 is 32.5 Å². The van der Waals surface area contributed by atoms with E-state index in [1.807, 2.05) is 4.90 Å². The third-order valence-electron chi connectivity index (χ3n) is 7.79. The van der Waals surface area contributed by atoms with E-state index in [9.17, 15) is 23.5 Å². The van der Waals surface area contributed by atoms with Gasteiger partial charge in [0.15, 0.2) is 10.9 Å². The van der Waals surface area contributed by atoms with Gasteiger partial charge in [-0.2, -0.15) is 9.97 Å². The highest BCUT2D eigenvalue weighted by Gasteiger charge is 2.49. The average molecular weight is 648 g/mol. The van der Waals surface area contributed by atoms with E-state index in [1.165, 1.54) is 6.07 Å². The summed E-state index contributed by atoms with van der Waals surface area (Å²) in [4.78, 5) is 43.1. The largest absolute Gasteiger partial charge is 0.461 e. The summed E-state index contributed by atoms with van der Waals surface area (Å²) in [6.45, 7) is 5.89. The van der Waals surface area contributed by atoms with Gasteiger partial charge >= 0.3 is 12.1 Å². The molecule has 0 spiro atoms. The molecule has 45 heavy (non-hydrogen) atoms. The summed E-state index contributed by atoms with van der Waals surface area (Å²) in [5, 5.41) is 14.4. The Kier molecular flexibility index (Phi) is 8.07. The summed E-state index contributed by atoms with van der Waals surface area (Å²) in [6.07, 6.45) is 0.134. The van der Waals surface area contributed by atoms with Gasteiger partial charge < -0.3 is 24.9 Å². The van der Waals surface area contributed by atoms with Crippen molar-refractivity contribution in [1.82, 2.24) is 24.8 Å². The summed E-state index contributed by atoms with van der Waals surface area (Å²) in [5.41, 5.74) is -2.73. The number of H-pyrrole nitrogens is 1. The zero-order valence-corrected chi connectivity index (χ0v) is 25.6. The van der Waals surface area contributed by atoms with Gasteiger partial charge in [0.2, 0.25) is 0 Å². The van der Waals surface area contributed by atoms with Crippen molar-refractivity contribution in [2.24, 2.45) is 0 Å². The van der Waals surface area contributed by atoms with Gasteiger partial charge in [0.25, 0.3) is 5.56 Å². The van der Waals surface area contributed by atoms with E-state index in [4.69, 9.17) is 9.47 Å². The van der Waals surface area contributed by atoms with E-state index in [2.05, 4.69) is 30.6 Å². The molecule has 1 amide bonds. The van der Waals surface area contributed by atoms with Crippen molar-refractivity contribution in [3.63, 3.8) is 0 Å². The number of hydrogen-bond donors (Lipinski definition) is 4. The van der Waals surface area contributed by atoms with Crippen LogP contribution < -0.4 is 20.9 Å². The highest BCUT2D eigenvalue weighted by atomic mass is 32.1. The quantitative estimate of drug-likeness (QED) is 0.214. The molecule has 6 rings (SSSR count). The third kappa shape index (κ3) is 6.01.